The molecule has 0 saturated heterocycles. The third-order valence-electron chi connectivity index (χ3n) is 2.26. The van der Waals surface area contributed by atoms with Gasteiger partial charge in [-0.2, -0.15) is 5.10 Å². The zero-order valence-corrected chi connectivity index (χ0v) is 9.24. The van der Waals surface area contributed by atoms with Crippen LogP contribution in [0.1, 0.15) is 11.3 Å². The second kappa shape index (κ2) is 4.86. The Morgan fingerprint density at radius 2 is 1.88 bits per heavy atom. The minimum Gasteiger partial charge on any atom is -0.365 e. The fourth-order valence-corrected chi connectivity index (χ4v) is 1.34. The Kier molecular flexibility index (Phi) is 3.27. The van der Waals surface area contributed by atoms with Crippen molar-refractivity contribution in [3.63, 3.8) is 0 Å². The van der Waals surface area contributed by atoms with Gasteiger partial charge in [-0.3, -0.25) is 0 Å². The molecule has 3 nitrogen and oxygen atoms in total. The summed E-state index contributed by atoms with van der Waals surface area (Å²) in [6.45, 7) is 2.21. The first-order valence-electron chi connectivity index (χ1n) is 5.13. The van der Waals surface area contributed by atoms with E-state index < -0.39 is 11.6 Å². The molecule has 0 amide bonds. The Morgan fingerprint density at radius 3 is 2.53 bits per heavy atom. The molecule has 0 fully saturated rings. The van der Waals surface area contributed by atoms with E-state index in [0.717, 1.165) is 17.8 Å². The smallest absolute Gasteiger partial charge is 0.159 e. The number of aryl methyl sites for hydroxylation is 1. The first-order valence-corrected chi connectivity index (χ1v) is 5.13. The average Bonchev–Trinajstić information content (AvgIpc) is 2.33. The Balaban J connectivity index is 2.02. The van der Waals surface area contributed by atoms with Gasteiger partial charge in [0.15, 0.2) is 11.6 Å². The Bertz CT molecular complexity index is 512. The summed E-state index contributed by atoms with van der Waals surface area (Å²) in [6.07, 6.45) is 0. The standard InChI is InChI=1S/C12H11F2N3/c1-8-2-5-12(17-16-8)15-7-9-3-4-10(13)11(14)6-9/h2-6H,7H2,1H3,(H,15,17). The molecule has 0 unspecified atom stereocenters. The minimum atomic E-state index is -0.848. The highest BCUT2D eigenvalue weighted by Gasteiger charge is 2.02. The first kappa shape index (κ1) is 11.4. The molecular weight excluding hydrogens is 224 g/mol. The van der Waals surface area contributed by atoms with Crippen molar-refractivity contribution in [2.75, 3.05) is 5.32 Å². The van der Waals surface area contributed by atoms with Gasteiger partial charge in [-0.1, -0.05) is 6.07 Å². The van der Waals surface area contributed by atoms with Gasteiger partial charge < -0.3 is 5.32 Å². The average molecular weight is 235 g/mol. The van der Waals surface area contributed by atoms with E-state index in [1.807, 2.05) is 13.0 Å². The summed E-state index contributed by atoms with van der Waals surface area (Å²) in [5.74, 6) is -1.09. The number of hydrogen-bond donors (Lipinski definition) is 1. The number of nitrogens with zero attached hydrogens (tertiary/aromatic N) is 2. The lowest BCUT2D eigenvalue weighted by Crippen LogP contribution is -2.03. The summed E-state index contributed by atoms with van der Waals surface area (Å²) in [5, 5.41) is 10.8. The van der Waals surface area contributed by atoms with Crippen molar-refractivity contribution in [2.45, 2.75) is 13.5 Å². The van der Waals surface area contributed by atoms with Crippen molar-refractivity contribution in [3.05, 3.63) is 53.2 Å². The topological polar surface area (TPSA) is 37.8 Å². The fraction of sp³-hybridized carbons (Fsp3) is 0.167. The van der Waals surface area contributed by atoms with E-state index in [4.69, 9.17) is 0 Å². The molecule has 0 saturated carbocycles. The van der Waals surface area contributed by atoms with E-state index in [0.29, 0.717) is 17.9 Å². The van der Waals surface area contributed by atoms with Crippen molar-refractivity contribution >= 4 is 5.82 Å². The fourth-order valence-electron chi connectivity index (χ4n) is 1.34. The van der Waals surface area contributed by atoms with Gasteiger partial charge >= 0.3 is 0 Å². The second-order valence-corrected chi connectivity index (χ2v) is 3.66. The molecule has 1 aromatic heterocycles. The molecule has 1 N–H and O–H groups in total. The molecule has 5 heteroatoms. The number of halogens is 2. The number of anilines is 1. The lowest BCUT2D eigenvalue weighted by Gasteiger charge is -2.05. The summed E-state index contributed by atoms with van der Waals surface area (Å²) in [7, 11) is 0. The third kappa shape index (κ3) is 2.96. The van der Waals surface area contributed by atoms with Gasteiger partial charge in [-0.15, -0.1) is 5.10 Å². The lowest BCUT2D eigenvalue weighted by molar-refractivity contribution is 0.507. The van der Waals surface area contributed by atoms with E-state index in [1.165, 1.54) is 6.07 Å². The number of hydrogen-bond acceptors (Lipinski definition) is 3. The van der Waals surface area contributed by atoms with E-state index in [2.05, 4.69) is 15.5 Å². The number of benzene rings is 1. The van der Waals surface area contributed by atoms with Crippen LogP contribution >= 0.6 is 0 Å². The van der Waals surface area contributed by atoms with Crippen LogP contribution in [0.3, 0.4) is 0 Å². The minimum absolute atomic E-state index is 0.370. The molecule has 0 radical (unpaired) electrons. The highest BCUT2D eigenvalue weighted by atomic mass is 19.2. The number of aromatic nitrogens is 2. The van der Waals surface area contributed by atoms with Crippen LogP contribution in [0.2, 0.25) is 0 Å². The molecule has 1 aromatic carbocycles. The van der Waals surface area contributed by atoms with Crippen LogP contribution in [0.5, 0.6) is 0 Å². The summed E-state index contributed by atoms with van der Waals surface area (Å²) in [5.41, 5.74) is 1.47. The number of nitrogens with one attached hydrogen (secondary N) is 1. The quantitative estimate of drug-likeness (QED) is 0.888. The van der Waals surface area contributed by atoms with Crippen LogP contribution < -0.4 is 5.32 Å². The zero-order chi connectivity index (χ0) is 12.3. The Hall–Kier alpha value is -2.04. The van der Waals surface area contributed by atoms with Gasteiger partial charge in [-0.05, 0) is 36.8 Å². The predicted molar refractivity (Wildman–Crippen MR) is 60.5 cm³/mol. The Labute approximate surface area is 97.5 Å². The van der Waals surface area contributed by atoms with Crippen molar-refractivity contribution in [1.82, 2.24) is 10.2 Å². The van der Waals surface area contributed by atoms with Gasteiger partial charge in [0.2, 0.25) is 0 Å². The number of rotatable bonds is 3. The monoisotopic (exact) mass is 235 g/mol. The molecule has 2 rings (SSSR count). The molecule has 2 aromatic rings. The molecule has 0 atom stereocenters. The van der Waals surface area contributed by atoms with Crippen LogP contribution in [0.15, 0.2) is 30.3 Å². The molecule has 17 heavy (non-hydrogen) atoms. The molecule has 88 valence electrons. The van der Waals surface area contributed by atoms with Crippen LogP contribution in [-0.2, 0) is 6.54 Å². The van der Waals surface area contributed by atoms with Crippen molar-refractivity contribution in [3.8, 4) is 0 Å². The molecule has 0 spiro atoms. The van der Waals surface area contributed by atoms with Crippen molar-refractivity contribution in [2.24, 2.45) is 0 Å². The highest BCUT2D eigenvalue weighted by Crippen LogP contribution is 2.10. The largest absolute Gasteiger partial charge is 0.365 e. The third-order valence-corrected chi connectivity index (χ3v) is 2.26. The van der Waals surface area contributed by atoms with Crippen LogP contribution in [0.4, 0.5) is 14.6 Å². The maximum atomic E-state index is 12.9. The van der Waals surface area contributed by atoms with Gasteiger partial charge in [0, 0.05) is 6.54 Å². The maximum absolute atomic E-state index is 12.9. The summed E-state index contributed by atoms with van der Waals surface area (Å²) in [4.78, 5) is 0. The molecule has 1 heterocycles. The van der Waals surface area contributed by atoms with Crippen LogP contribution in [0, 0.1) is 18.6 Å². The summed E-state index contributed by atoms with van der Waals surface area (Å²) < 4.78 is 25.6. The SMILES string of the molecule is Cc1ccc(NCc2ccc(F)c(F)c2)nn1. The van der Waals surface area contributed by atoms with Crippen molar-refractivity contribution in [1.29, 1.82) is 0 Å². The van der Waals surface area contributed by atoms with E-state index in [1.54, 1.807) is 6.07 Å². The van der Waals surface area contributed by atoms with Crippen LogP contribution in [-0.4, -0.2) is 10.2 Å². The van der Waals surface area contributed by atoms with Gasteiger partial charge in [0.1, 0.15) is 5.82 Å². The molecular formula is C12H11F2N3. The Morgan fingerprint density at radius 1 is 1.06 bits per heavy atom. The van der Waals surface area contributed by atoms with E-state index in [9.17, 15) is 8.78 Å². The summed E-state index contributed by atoms with van der Waals surface area (Å²) in [6, 6.07) is 7.38. The molecule has 0 aliphatic heterocycles. The van der Waals surface area contributed by atoms with E-state index in [-0.39, 0.29) is 0 Å². The summed E-state index contributed by atoms with van der Waals surface area (Å²) >= 11 is 0. The van der Waals surface area contributed by atoms with Crippen molar-refractivity contribution < 1.29 is 8.78 Å². The highest BCUT2D eigenvalue weighted by molar-refractivity contribution is 5.34. The molecule has 0 aliphatic carbocycles. The maximum Gasteiger partial charge on any atom is 0.159 e. The lowest BCUT2D eigenvalue weighted by atomic mass is 10.2. The normalized spacial score (nSPS) is 10.3. The molecule has 0 bridgehead atoms. The second-order valence-electron chi connectivity index (χ2n) is 3.66. The first-order chi connectivity index (χ1) is 8.15. The van der Waals surface area contributed by atoms with Crippen LogP contribution in [0.25, 0.3) is 0 Å². The predicted octanol–water partition coefficient (Wildman–Crippen LogP) is 2.68. The van der Waals surface area contributed by atoms with Gasteiger partial charge in [-0.25, -0.2) is 8.78 Å². The van der Waals surface area contributed by atoms with Gasteiger partial charge in [0.05, 0.1) is 5.69 Å². The zero-order valence-electron chi connectivity index (χ0n) is 9.24. The molecule has 0 aliphatic rings. The van der Waals surface area contributed by atoms with E-state index >= 15 is 0 Å². The van der Waals surface area contributed by atoms with Gasteiger partial charge in [0.25, 0.3) is 0 Å².